The van der Waals surface area contributed by atoms with Gasteiger partial charge in [-0.15, -0.1) is 0 Å². The highest BCUT2D eigenvalue weighted by molar-refractivity contribution is 7.93. The molecule has 0 N–H and O–H groups in total. The minimum atomic E-state index is -2.81. The Morgan fingerprint density at radius 2 is 1.19 bits per heavy atom. The van der Waals surface area contributed by atoms with Crippen LogP contribution in [0, 0.1) is 23.2 Å². The van der Waals surface area contributed by atoms with Gasteiger partial charge in [0.15, 0.2) is 9.84 Å². The van der Waals surface area contributed by atoms with Gasteiger partial charge in [-0.05, 0) is 49.9 Å². The minimum Gasteiger partial charge on any atom is -0.228 e. The van der Waals surface area contributed by atoms with E-state index in [-0.39, 0.29) is 10.5 Å². The minimum absolute atomic E-state index is 0.271. The third-order valence-corrected chi connectivity index (χ3v) is 9.04. The molecule has 1 aliphatic heterocycles. The second kappa shape index (κ2) is 13.0. The van der Waals surface area contributed by atoms with E-state index in [4.69, 9.17) is 0 Å². The average molecular weight is 389 g/mol. The number of hydrogen-bond acceptors (Lipinski definition) is 2. The maximum absolute atomic E-state index is 11.0. The van der Waals surface area contributed by atoms with E-state index in [1.807, 2.05) is 13.8 Å². The molecule has 0 radical (unpaired) electrons. The Balaban J connectivity index is 0. The van der Waals surface area contributed by atoms with E-state index in [1.165, 1.54) is 25.7 Å². The Kier molecular flexibility index (Phi) is 13.9. The zero-order chi connectivity index (χ0) is 21.1. The van der Waals surface area contributed by atoms with E-state index >= 15 is 0 Å². The van der Waals surface area contributed by atoms with E-state index in [9.17, 15) is 8.42 Å². The van der Waals surface area contributed by atoms with Crippen LogP contribution in [-0.2, 0) is 9.84 Å². The van der Waals surface area contributed by atoms with Gasteiger partial charge in [-0.25, -0.2) is 8.42 Å². The molecule has 0 spiro atoms. The molecule has 4 unspecified atom stereocenters. The maximum atomic E-state index is 11.0. The summed E-state index contributed by atoms with van der Waals surface area (Å²) in [5.41, 5.74) is 0.611. The number of rotatable bonds is 2. The van der Waals surface area contributed by atoms with Crippen molar-refractivity contribution in [2.75, 3.05) is 0 Å². The van der Waals surface area contributed by atoms with Crippen molar-refractivity contribution in [3.63, 3.8) is 0 Å². The third-order valence-electron chi connectivity index (χ3n) is 6.66. The third kappa shape index (κ3) is 8.59. The lowest BCUT2D eigenvalue weighted by Gasteiger charge is -2.28. The monoisotopic (exact) mass is 388 g/mol. The normalized spacial score (nSPS) is 30.5. The molecule has 26 heavy (non-hydrogen) atoms. The van der Waals surface area contributed by atoms with Gasteiger partial charge in [0.2, 0.25) is 0 Å². The molecule has 1 heterocycles. The van der Waals surface area contributed by atoms with E-state index in [0.717, 1.165) is 17.8 Å². The molecule has 3 heteroatoms. The standard InChI is InChI=1S/C9H18.C6H10O2S.C6H14.C2H6/c1-7-5-6-8(2)9(7,3)4;1-5-3-4-6(2)9(5,7)8;1-4-6(3)5-2;1-2/h7-8H,5-6H2,1-4H3;3-6H,1-2H3;6H,4-5H2,1-3H3;1-2H3. The summed E-state index contributed by atoms with van der Waals surface area (Å²) >= 11 is 0. The Morgan fingerprint density at radius 1 is 0.885 bits per heavy atom. The molecule has 1 fully saturated rings. The van der Waals surface area contributed by atoms with E-state index in [1.54, 1.807) is 26.0 Å². The Morgan fingerprint density at radius 3 is 1.27 bits per heavy atom. The van der Waals surface area contributed by atoms with E-state index in [0.29, 0.717) is 5.41 Å². The van der Waals surface area contributed by atoms with Crippen LogP contribution in [0.4, 0.5) is 0 Å². The van der Waals surface area contributed by atoms with Crippen LogP contribution in [0.1, 0.15) is 102 Å². The van der Waals surface area contributed by atoms with Crippen molar-refractivity contribution < 1.29 is 8.42 Å². The van der Waals surface area contributed by atoms with Crippen LogP contribution in [0.2, 0.25) is 0 Å². The predicted octanol–water partition coefficient (Wildman–Crippen LogP) is 7.30. The number of sulfone groups is 1. The first-order valence-corrected chi connectivity index (χ1v) is 12.4. The summed E-state index contributed by atoms with van der Waals surface area (Å²) in [5.74, 6) is 2.81. The Bertz CT molecular complexity index is 442. The number of hydrogen-bond donors (Lipinski definition) is 0. The van der Waals surface area contributed by atoms with Crippen molar-refractivity contribution in [1.82, 2.24) is 0 Å². The van der Waals surface area contributed by atoms with Gasteiger partial charge in [0, 0.05) is 0 Å². The van der Waals surface area contributed by atoms with Gasteiger partial charge in [-0.2, -0.15) is 0 Å². The molecule has 1 saturated carbocycles. The molecule has 158 valence electrons. The summed E-state index contributed by atoms with van der Waals surface area (Å²) in [6.07, 6.45) is 9.01. The fourth-order valence-corrected chi connectivity index (χ4v) is 4.19. The molecule has 2 rings (SSSR count). The second-order valence-electron chi connectivity index (χ2n) is 8.51. The highest BCUT2D eigenvalue weighted by Crippen LogP contribution is 2.46. The first-order valence-electron chi connectivity index (χ1n) is 10.8. The Hall–Kier alpha value is -0.310. The van der Waals surface area contributed by atoms with Crippen molar-refractivity contribution in [2.24, 2.45) is 23.2 Å². The van der Waals surface area contributed by atoms with Gasteiger partial charge in [-0.1, -0.05) is 87.3 Å². The van der Waals surface area contributed by atoms with Gasteiger partial charge in [0.25, 0.3) is 0 Å². The van der Waals surface area contributed by atoms with E-state index in [2.05, 4.69) is 48.5 Å². The average Bonchev–Trinajstić information content (AvgIpc) is 3.00. The molecular formula is C23H48O2S. The SMILES string of the molecule is CC.CC1C=CC(C)S1(=O)=O.CC1CCC(C)C1(C)C.CCC(C)CC. The van der Waals surface area contributed by atoms with E-state index < -0.39 is 9.84 Å². The quantitative estimate of drug-likeness (QED) is 0.465. The summed E-state index contributed by atoms with van der Waals surface area (Å²) in [6.45, 7) is 23.7. The van der Waals surface area contributed by atoms with Crippen molar-refractivity contribution in [3.05, 3.63) is 12.2 Å². The van der Waals surface area contributed by atoms with Crippen LogP contribution in [0.5, 0.6) is 0 Å². The zero-order valence-corrected chi connectivity index (χ0v) is 20.4. The fraction of sp³-hybridized carbons (Fsp3) is 0.913. The highest BCUT2D eigenvalue weighted by atomic mass is 32.2. The maximum Gasteiger partial charge on any atom is 0.162 e. The molecule has 0 aromatic carbocycles. The lowest BCUT2D eigenvalue weighted by molar-refractivity contribution is 0.212. The highest BCUT2D eigenvalue weighted by Gasteiger charge is 2.37. The van der Waals surface area contributed by atoms with Gasteiger partial charge in [0.1, 0.15) is 0 Å². The Labute approximate surface area is 166 Å². The van der Waals surface area contributed by atoms with Gasteiger partial charge < -0.3 is 0 Å². The molecule has 0 aromatic rings. The first-order chi connectivity index (χ1) is 11.9. The largest absolute Gasteiger partial charge is 0.228 e. The summed E-state index contributed by atoms with van der Waals surface area (Å²) in [6, 6.07) is 0. The van der Waals surface area contributed by atoms with Gasteiger partial charge >= 0.3 is 0 Å². The van der Waals surface area contributed by atoms with Crippen LogP contribution in [0.25, 0.3) is 0 Å². The fourth-order valence-electron chi connectivity index (χ4n) is 2.89. The van der Waals surface area contributed by atoms with Crippen molar-refractivity contribution in [3.8, 4) is 0 Å². The molecule has 0 aromatic heterocycles. The van der Waals surface area contributed by atoms with Crippen molar-refractivity contribution in [1.29, 1.82) is 0 Å². The summed E-state index contributed by atoms with van der Waals surface area (Å²) in [7, 11) is -2.81. The topological polar surface area (TPSA) is 34.1 Å². The molecule has 2 nitrogen and oxygen atoms in total. The summed E-state index contributed by atoms with van der Waals surface area (Å²) < 4.78 is 22.1. The van der Waals surface area contributed by atoms with Crippen LogP contribution in [-0.4, -0.2) is 18.9 Å². The molecule has 2 aliphatic rings. The first kappa shape index (κ1) is 27.9. The smallest absolute Gasteiger partial charge is 0.162 e. The van der Waals surface area contributed by atoms with Crippen molar-refractivity contribution in [2.45, 2.75) is 112 Å². The molecule has 0 saturated heterocycles. The van der Waals surface area contributed by atoms with Gasteiger partial charge in [-0.3, -0.25) is 0 Å². The lowest BCUT2D eigenvalue weighted by atomic mass is 9.77. The molecular weight excluding hydrogens is 340 g/mol. The summed E-state index contributed by atoms with van der Waals surface area (Å²) in [5, 5.41) is -0.542. The molecule has 4 atom stereocenters. The predicted molar refractivity (Wildman–Crippen MR) is 119 cm³/mol. The summed E-state index contributed by atoms with van der Waals surface area (Å²) in [4.78, 5) is 0. The van der Waals surface area contributed by atoms with Crippen molar-refractivity contribution >= 4 is 9.84 Å². The molecule has 1 aliphatic carbocycles. The van der Waals surface area contributed by atoms with Crippen LogP contribution in [0.15, 0.2) is 12.2 Å². The molecule has 0 bridgehead atoms. The van der Waals surface area contributed by atoms with Crippen LogP contribution < -0.4 is 0 Å². The second-order valence-corrected chi connectivity index (χ2v) is 11.2. The lowest BCUT2D eigenvalue weighted by Crippen LogP contribution is -2.20. The van der Waals surface area contributed by atoms with Crippen LogP contribution in [0.3, 0.4) is 0 Å². The molecule has 0 amide bonds. The van der Waals surface area contributed by atoms with Gasteiger partial charge in [0.05, 0.1) is 10.5 Å². The zero-order valence-electron chi connectivity index (χ0n) is 19.6. The van der Waals surface area contributed by atoms with Crippen LogP contribution >= 0.6 is 0 Å².